The van der Waals surface area contributed by atoms with E-state index in [0.29, 0.717) is 0 Å². The van der Waals surface area contributed by atoms with Crippen LogP contribution in [0.3, 0.4) is 0 Å². The molecule has 2 heterocycles. The van der Waals surface area contributed by atoms with Gasteiger partial charge in [-0.15, -0.1) is 0 Å². The van der Waals surface area contributed by atoms with Gasteiger partial charge < -0.3 is 4.74 Å². The summed E-state index contributed by atoms with van der Waals surface area (Å²) in [5, 5.41) is 0. The van der Waals surface area contributed by atoms with Crippen LogP contribution in [0.5, 0.6) is 11.5 Å². The highest BCUT2D eigenvalue weighted by Gasteiger charge is 2.16. The minimum absolute atomic E-state index is 0.747. The van der Waals surface area contributed by atoms with E-state index in [1.807, 2.05) is 114 Å². The summed E-state index contributed by atoms with van der Waals surface area (Å²) in [5.74, 6) is 1.50. The van der Waals surface area contributed by atoms with Gasteiger partial charge >= 0.3 is 6.01 Å². The minimum Gasteiger partial charge on any atom is -0.457 e. The Bertz CT molecular complexity index is 1350. The van der Waals surface area contributed by atoms with Crippen LogP contribution in [0.25, 0.3) is 22.5 Å². The lowest BCUT2D eigenvalue weighted by atomic mass is 10.1. The molecule has 1 aromatic heterocycles. The van der Waals surface area contributed by atoms with Gasteiger partial charge in [-0.05, 0) is 24.3 Å². The molecule has 0 fully saturated rings. The number of hydrogen-bond acceptors (Lipinski definition) is 3. The third-order valence-electron chi connectivity index (χ3n) is 4.90. The van der Waals surface area contributed by atoms with Crippen LogP contribution in [0.2, 0.25) is 0 Å². The summed E-state index contributed by atoms with van der Waals surface area (Å²) in [5.41, 5.74) is 4.76. The van der Waals surface area contributed by atoms with E-state index in [1.54, 1.807) is 6.33 Å². The molecule has 31 heavy (non-hydrogen) atoms. The molecule has 0 saturated carbocycles. The molecule has 5 nitrogen and oxygen atoms in total. The largest absolute Gasteiger partial charge is 0.495 e. The number of rotatable bonds is 5. The quantitative estimate of drug-likeness (QED) is 0.410. The molecule has 3 aromatic carbocycles. The van der Waals surface area contributed by atoms with Crippen LogP contribution in [0.4, 0.5) is 5.69 Å². The van der Waals surface area contributed by atoms with Gasteiger partial charge in [0.1, 0.15) is 17.8 Å². The molecule has 0 N–H and O–H groups in total. The average molecular weight is 404 g/mol. The van der Waals surface area contributed by atoms with E-state index in [-0.39, 0.29) is 0 Å². The fraction of sp³-hybridized carbons (Fsp3) is 0.0385. The van der Waals surface area contributed by atoms with Crippen molar-refractivity contribution in [2.45, 2.75) is 0 Å². The molecule has 5 rings (SSSR count). The van der Waals surface area contributed by atoms with Crippen molar-refractivity contribution >= 4 is 11.7 Å². The van der Waals surface area contributed by atoms with Crippen LogP contribution < -0.4 is 4.74 Å². The Labute approximate surface area is 180 Å². The normalized spacial score (nSPS) is 12.4. The lowest BCUT2D eigenvalue weighted by Crippen LogP contribution is -1.94. The topological polar surface area (TPSA) is 41.0 Å². The number of nitrogens with zero attached hydrogens (tertiary/aromatic N) is 4. The molecule has 4 aromatic rings. The molecule has 0 spiro atoms. The van der Waals surface area contributed by atoms with Crippen LogP contribution in [0, 0.1) is 0 Å². The third kappa shape index (κ3) is 4.17. The lowest BCUT2D eigenvalue weighted by Gasteiger charge is -2.08. The second-order valence-corrected chi connectivity index (χ2v) is 7.16. The molecule has 0 unspecified atom stereocenters. The summed E-state index contributed by atoms with van der Waals surface area (Å²) in [7, 11) is 1.94. The van der Waals surface area contributed by atoms with Gasteiger partial charge in [0.25, 0.3) is 6.20 Å². The smallest absolute Gasteiger partial charge is 0.457 e. The van der Waals surface area contributed by atoms with Crippen LogP contribution in [0.1, 0.15) is 0 Å². The van der Waals surface area contributed by atoms with Crippen LogP contribution in [-0.2, 0) is 0 Å². The SMILES string of the molecule is C[N+]1=C=[N+](c2cccc(Oc3cccc(-c4cc(-c5ccccc5)ncn4)c3)c2)C=C1. The van der Waals surface area contributed by atoms with Gasteiger partial charge in [0.15, 0.2) is 7.05 Å². The number of benzene rings is 3. The second-order valence-electron chi connectivity index (χ2n) is 7.16. The summed E-state index contributed by atoms with van der Waals surface area (Å²) in [6, 6.07) is 31.1. The van der Waals surface area contributed by atoms with E-state index in [4.69, 9.17) is 4.74 Å². The van der Waals surface area contributed by atoms with Crippen molar-refractivity contribution in [3.8, 4) is 34.0 Å². The fourth-order valence-corrected chi connectivity index (χ4v) is 3.38. The molecule has 5 heteroatoms. The molecule has 148 valence electrons. The first-order chi connectivity index (χ1) is 15.2. The molecule has 0 bridgehead atoms. The Morgan fingerprint density at radius 1 is 0.710 bits per heavy atom. The minimum atomic E-state index is 0.747. The summed E-state index contributed by atoms with van der Waals surface area (Å²) in [6.07, 6.45) is 5.50. The Morgan fingerprint density at radius 2 is 1.42 bits per heavy atom. The lowest BCUT2D eigenvalue weighted by molar-refractivity contribution is -0.429. The fourth-order valence-electron chi connectivity index (χ4n) is 3.38. The third-order valence-corrected chi connectivity index (χ3v) is 4.90. The summed E-state index contributed by atoms with van der Waals surface area (Å²) < 4.78 is 9.95. The van der Waals surface area contributed by atoms with Crippen LogP contribution in [0.15, 0.2) is 104 Å². The number of hydrogen-bond donors (Lipinski definition) is 0. The second kappa shape index (κ2) is 8.19. The van der Waals surface area contributed by atoms with Crippen LogP contribution >= 0.6 is 0 Å². The van der Waals surface area contributed by atoms with Gasteiger partial charge in [-0.25, -0.2) is 9.97 Å². The standard InChI is InChI=1S/C26H20N4O/c1-29-13-14-30(19-29)22-10-6-12-24(16-22)31-23-11-5-9-21(15-23)26-17-25(27-18-28-26)20-7-3-2-4-8-20/h2-18H,1H3/q+2. The zero-order valence-corrected chi connectivity index (χ0v) is 17.0. The van der Waals surface area contributed by atoms with Crippen molar-refractivity contribution in [3.05, 3.63) is 104 Å². The van der Waals surface area contributed by atoms with Crippen molar-refractivity contribution in [3.63, 3.8) is 0 Å². The first-order valence-electron chi connectivity index (χ1n) is 9.97. The highest BCUT2D eigenvalue weighted by molar-refractivity contribution is 5.68. The molecule has 0 radical (unpaired) electrons. The van der Waals surface area contributed by atoms with Crippen molar-refractivity contribution in [1.29, 1.82) is 0 Å². The summed E-state index contributed by atoms with van der Waals surface area (Å²) >= 11 is 0. The van der Waals surface area contributed by atoms with Gasteiger partial charge in [0.2, 0.25) is 11.9 Å². The molecular formula is C26H20N4O+2. The predicted octanol–water partition coefficient (Wildman–Crippen LogP) is 5.55. The van der Waals surface area contributed by atoms with Crippen LogP contribution in [-0.4, -0.2) is 32.2 Å². The maximum absolute atomic E-state index is 6.15. The Hall–Kier alpha value is -4.34. The molecule has 1 aliphatic rings. The van der Waals surface area contributed by atoms with Gasteiger partial charge in [-0.1, -0.05) is 57.7 Å². The highest BCUT2D eigenvalue weighted by Crippen LogP contribution is 2.29. The predicted molar refractivity (Wildman–Crippen MR) is 120 cm³/mol. The first-order valence-corrected chi connectivity index (χ1v) is 9.97. The van der Waals surface area contributed by atoms with Crippen molar-refractivity contribution in [1.82, 2.24) is 9.97 Å². The van der Waals surface area contributed by atoms with Crippen molar-refractivity contribution < 1.29 is 13.9 Å². The maximum Gasteiger partial charge on any atom is 0.495 e. The number of ether oxygens (including phenoxy) is 1. The first kappa shape index (κ1) is 18.7. The van der Waals surface area contributed by atoms with E-state index >= 15 is 0 Å². The van der Waals surface area contributed by atoms with E-state index in [2.05, 4.69) is 16.0 Å². The maximum atomic E-state index is 6.15. The molecule has 0 aliphatic carbocycles. The van der Waals surface area contributed by atoms with Crippen molar-refractivity contribution in [2.24, 2.45) is 0 Å². The molecule has 0 atom stereocenters. The van der Waals surface area contributed by atoms with E-state index in [0.717, 1.165) is 39.7 Å². The highest BCUT2D eigenvalue weighted by atomic mass is 16.5. The Morgan fingerprint density at radius 3 is 2.19 bits per heavy atom. The van der Waals surface area contributed by atoms with Gasteiger partial charge in [-0.3, -0.25) is 0 Å². The Balaban J connectivity index is 1.42. The zero-order chi connectivity index (χ0) is 21.0. The van der Waals surface area contributed by atoms with Gasteiger partial charge in [0.05, 0.1) is 17.5 Å². The average Bonchev–Trinajstić information content (AvgIpc) is 3.26. The molecule has 1 aliphatic heterocycles. The summed E-state index contributed by atoms with van der Waals surface area (Å²) in [4.78, 5) is 8.88. The van der Waals surface area contributed by atoms with E-state index < -0.39 is 0 Å². The number of aromatic nitrogens is 2. The van der Waals surface area contributed by atoms with E-state index in [1.165, 1.54) is 0 Å². The zero-order valence-electron chi connectivity index (χ0n) is 17.0. The van der Waals surface area contributed by atoms with E-state index in [9.17, 15) is 0 Å². The monoisotopic (exact) mass is 404 g/mol. The Kier molecular flexibility index (Phi) is 4.93. The molecule has 0 saturated heterocycles. The molecular weight excluding hydrogens is 384 g/mol. The van der Waals surface area contributed by atoms with Gasteiger partial charge in [-0.2, -0.15) is 0 Å². The molecule has 0 amide bonds. The van der Waals surface area contributed by atoms with Crippen molar-refractivity contribution in [2.75, 3.05) is 7.05 Å². The summed E-state index contributed by atoms with van der Waals surface area (Å²) in [6.45, 7) is 0. The van der Waals surface area contributed by atoms with Gasteiger partial charge in [0, 0.05) is 17.2 Å².